The van der Waals surface area contributed by atoms with Crippen LogP contribution in [-0.4, -0.2) is 47.3 Å². The van der Waals surface area contributed by atoms with Crippen LogP contribution in [0.5, 0.6) is 0 Å². The van der Waals surface area contributed by atoms with Crippen molar-refractivity contribution in [2.45, 2.75) is 58.1 Å². The molecule has 0 aromatic carbocycles. The molecule has 0 aromatic rings. The van der Waals surface area contributed by atoms with Crippen LogP contribution in [0.4, 0.5) is 0 Å². The third-order valence-corrected chi connectivity index (χ3v) is 4.70. The van der Waals surface area contributed by atoms with Crippen molar-refractivity contribution in [1.29, 1.82) is 0 Å². The van der Waals surface area contributed by atoms with E-state index in [0.717, 1.165) is 38.8 Å². The minimum Gasteiger partial charge on any atom is -0.481 e. The summed E-state index contributed by atoms with van der Waals surface area (Å²) in [5, 5.41) is 9.43. The first kappa shape index (κ1) is 13.8. The van der Waals surface area contributed by atoms with E-state index in [0.29, 0.717) is 12.6 Å². The fourth-order valence-electron chi connectivity index (χ4n) is 3.34. The van der Waals surface area contributed by atoms with Crippen LogP contribution in [-0.2, 0) is 9.53 Å². The second-order valence-corrected chi connectivity index (χ2v) is 6.41. The van der Waals surface area contributed by atoms with Crippen molar-refractivity contribution in [3.05, 3.63) is 0 Å². The van der Waals surface area contributed by atoms with Gasteiger partial charge in [0.1, 0.15) is 0 Å². The predicted molar refractivity (Wildman–Crippen MR) is 69.6 cm³/mol. The summed E-state index contributed by atoms with van der Waals surface area (Å²) in [7, 11) is 0. The highest BCUT2D eigenvalue weighted by Gasteiger charge is 2.46. The van der Waals surface area contributed by atoms with Crippen molar-refractivity contribution in [3.63, 3.8) is 0 Å². The molecular formula is C14H25NO3. The number of carbonyl (C=O) groups is 1. The molecule has 2 saturated heterocycles. The molecule has 4 heteroatoms. The Hall–Kier alpha value is -0.610. The second kappa shape index (κ2) is 4.82. The van der Waals surface area contributed by atoms with Crippen molar-refractivity contribution < 1.29 is 14.6 Å². The predicted octanol–water partition coefficient (Wildman–Crippen LogP) is 2.13. The van der Waals surface area contributed by atoms with Crippen molar-refractivity contribution in [2.75, 3.05) is 19.7 Å². The number of aliphatic carboxylic acids is 1. The molecule has 0 saturated carbocycles. The monoisotopic (exact) mass is 255 g/mol. The van der Waals surface area contributed by atoms with Crippen LogP contribution >= 0.6 is 0 Å². The van der Waals surface area contributed by atoms with Crippen molar-refractivity contribution in [1.82, 2.24) is 4.90 Å². The highest BCUT2D eigenvalue weighted by molar-refractivity contribution is 5.75. The number of ether oxygens (including phenoxy) is 1. The molecule has 2 fully saturated rings. The molecule has 0 aromatic heterocycles. The standard InChI is InChI=1S/C14H25NO3/c1-4-14(12(16)17)6-7-15(10-14)11-5-8-18-13(2,3)9-11/h11H,4-10H2,1-3H3,(H,16,17). The summed E-state index contributed by atoms with van der Waals surface area (Å²) < 4.78 is 5.74. The van der Waals surface area contributed by atoms with Gasteiger partial charge in [-0.3, -0.25) is 9.69 Å². The Labute approximate surface area is 109 Å². The van der Waals surface area contributed by atoms with Gasteiger partial charge in [-0.15, -0.1) is 0 Å². The van der Waals surface area contributed by atoms with E-state index in [1.807, 2.05) is 6.92 Å². The first-order chi connectivity index (χ1) is 8.38. The first-order valence-corrected chi connectivity index (χ1v) is 7.00. The topological polar surface area (TPSA) is 49.8 Å². The molecule has 2 rings (SSSR count). The molecule has 104 valence electrons. The molecule has 4 nitrogen and oxygen atoms in total. The minimum atomic E-state index is -0.626. The maximum Gasteiger partial charge on any atom is 0.310 e. The van der Waals surface area contributed by atoms with E-state index in [1.54, 1.807) is 0 Å². The molecule has 0 radical (unpaired) electrons. The van der Waals surface area contributed by atoms with Gasteiger partial charge >= 0.3 is 5.97 Å². The fraction of sp³-hybridized carbons (Fsp3) is 0.929. The normalized spacial score (nSPS) is 36.7. The molecule has 2 atom stereocenters. The third-order valence-electron chi connectivity index (χ3n) is 4.70. The molecule has 0 amide bonds. The number of carboxylic acid groups (broad SMARTS) is 1. The number of nitrogens with zero attached hydrogens (tertiary/aromatic N) is 1. The molecule has 0 bridgehead atoms. The lowest BCUT2D eigenvalue weighted by atomic mass is 9.84. The summed E-state index contributed by atoms with van der Waals surface area (Å²) in [6.07, 6.45) is 3.55. The second-order valence-electron chi connectivity index (χ2n) is 6.41. The zero-order chi connectivity index (χ0) is 13.4. The Bertz CT molecular complexity index is 329. The summed E-state index contributed by atoms with van der Waals surface area (Å²) in [6.45, 7) is 8.66. The van der Waals surface area contributed by atoms with Gasteiger partial charge in [0, 0.05) is 19.2 Å². The van der Waals surface area contributed by atoms with Crippen molar-refractivity contribution in [3.8, 4) is 0 Å². The fourth-order valence-corrected chi connectivity index (χ4v) is 3.34. The summed E-state index contributed by atoms with van der Waals surface area (Å²) >= 11 is 0. The van der Waals surface area contributed by atoms with E-state index in [4.69, 9.17) is 4.74 Å². The minimum absolute atomic E-state index is 0.0659. The molecular weight excluding hydrogens is 230 g/mol. The van der Waals surface area contributed by atoms with Gasteiger partial charge < -0.3 is 9.84 Å². The van der Waals surface area contributed by atoms with Crippen LogP contribution in [0.1, 0.15) is 46.5 Å². The Balaban J connectivity index is 2.02. The Kier molecular flexibility index (Phi) is 3.70. The molecule has 2 heterocycles. The summed E-state index contributed by atoms with van der Waals surface area (Å²) in [5.41, 5.74) is -0.577. The number of carboxylic acids is 1. The lowest BCUT2D eigenvalue weighted by Crippen LogP contribution is -2.46. The van der Waals surface area contributed by atoms with E-state index in [2.05, 4.69) is 18.7 Å². The van der Waals surface area contributed by atoms with Crippen LogP contribution in [0.15, 0.2) is 0 Å². The van der Waals surface area contributed by atoms with Gasteiger partial charge in [0.15, 0.2) is 0 Å². The zero-order valence-electron chi connectivity index (χ0n) is 11.7. The van der Waals surface area contributed by atoms with Gasteiger partial charge in [-0.05, 0) is 46.1 Å². The van der Waals surface area contributed by atoms with Gasteiger partial charge in [0.25, 0.3) is 0 Å². The first-order valence-electron chi connectivity index (χ1n) is 7.00. The summed E-state index contributed by atoms with van der Waals surface area (Å²) in [5.74, 6) is -0.626. The highest BCUT2D eigenvalue weighted by atomic mass is 16.5. The average Bonchev–Trinajstić information content (AvgIpc) is 2.73. The molecule has 2 aliphatic heterocycles. The lowest BCUT2D eigenvalue weighted by Gasteiger charge is -2.40. The number of hydrogen-bond donors (Lipinski definition) is 1. The number of hydrogen-bond acceptors (Lipinski definition) is 3. The van der Waals surface area contributed by atoms with E-state index in [9.17, 15) is 9.90 Å². The van der Waals surface area contributed by atoms with Gasteiger partial charge in [-0.2, -0.15) is 0 Å². The van der Waals surface area contributed by atoms with Crippen molar-refractivity contribution in [2.24, 2.45) is 5.41 Å². The molecule has 0 aliphatic carbocycles. The smallest absolute Gasteiger partial charge is 0.310 e. The van der Waals surface area contributed by atoms with Gasteiger partial charge in [-0.25, -0.2) is 0 Å². The van der Waals surface area contributed by atoms with Crippen LogP contribution in [0.3, 0.4) is 0 Å². The molecule has 1 N–H and O–H groups in total. The Morgan fingerprint density at radius 1 is 1.50 bits per heavy atom. The molecule has 2 unspecified atom stereocenters. The lowest BCUT2D eigenvalue weighted by molar-refractivity contribution is -0.148. The quantitative estimate of drug-likeness (QED) is 0.839. The van der Waals surface area contributed by atoms with Gasteiger partial charge in [0.05, 0.1) is 11.0 Å². The maximum absolute atomic E-state index is 11.5. The van der Waals surface area contributed by atoms with E-state index >= 15 is 0 Å². The third kappa shape index (κ3) is 2.54. The Morgan fingerprint density at radius 3 is 2.72 bits per heavy atom. The molecule has 0 spiro atoms. The number of likely N-dealkylation sites (tertiary alicyclic amines) is 1. The summed E-state index contributed by atoms with van der Waals surface area (Å²) in [4.78, 5) is 13.8. The van der Waals surface area contributed by atoms with Gasteiger partial charge in [0.2, 0.25) is 0 Å². The van der Waals surface area contributed by atoms with Crippen LogP contribution in [0.2, 0.25) is 0 Å². The van der Waals surface area contributed by atoms with E-state index in [-0.39, 0.29) is 5.60 Å². The zero-order valence-corrected chi connectivity index (χ0v) is 11.7. The SMILES string of the molecule is CCC1(C(=O)O)CCN(C2CCOC(C)(C)C2)C1. The van der Waals surface area contributed by atoms with Crippen LogP contribution in [0.25, 0.3) is 0 Å². The van der Waals surface area contributed by atoms with E-state index < -0.39 is 11.4 Å². The maximum atomic E-state index is 11.5. The largest absolute Gasteiger partial charge is 0.481 e. The molecule has 2 aliphatic rings. The molecule has 18 heavy (non-hydrogen) atoms. The summed E-state index contributed by atoms with van der Waals surface area (Å²) in [6, 6.07) is 0.488. The van der Waals surface area contributed by atoms with E-state index in [1.165, 1.54) is 0 Å². The average molecular weight is 255 g/mol. The van der Waals surface area contributed by atoms with Crippen molar-refractivity contribution >= 4 is 5.97 Å². The highest BCUT2D eigenvalue weighted by Crippen LogP contribution is 2.38. The van der Waals surface area contributed by atoms with Crippen LogP contribution in [0, 0.1) is 5.41 Å². The Morgan fingerprint density at radius 2 is 2.22 bits per heavy atom. The van der Waals surface area contributed by atoms with Crippen LogP contribution < -0.4 is 0 Å². The van der Waals surface area contributed by atoms with Gasteiger partial charge in [-0.1, -0.05) is 6.92 Å². The number of rotatable bonds is 3.